The Labute approximate surface area is 144 Å². The molecule has 6 nitrogen and oxygen atoms in total. The Bertz CT molecular complexity index is 524. The molecule has 1 atom stereocenters. The average molecular weight is 388 g/mol. The zero-order valence-electron chi connectivity index (χ0n) is 13.5. The average Bonchev–Trinajstić information content (AvgIpc) is 2.44. The zero-order chi connectivity index (χ0) is 17.5. The molecule has 0 aromatic heterocycles. The third kappa shape index (κ3) is 8.56. The molecule has 1 unspecified atom stereocenters. The van der Waals surface area contributed by atoms with E-state index in [4.69, 9.17) is 14.6 Å². The van der Waals surface area contributed by atoms with Crippen LogP contribution in [0.15, 0.2) is 28.7 Å². The third-order valence-corrected chi connectivity index (χ3v) is 3.29. The van der Waals surface area contributed by atoms with Gasteiger partial charge in [0.15, 0.2) is 6.61 Å². The van der Waals surface area contributed by atoms with Gasteiger partial charge in [0.1, 0.15) is 11.8 Å². The van der Waals surface area contributed by atoms with Crippen LogP contribution in [0.4, 0.5) is 0 Å². The molecule has 0 aliphatic heterocycles. The SMILES string of the molecule is CC(C)(C)OCCC(NC(=O)COc1ccc(Br)cc1)C(=O)O. The molecule has 0 saturated carbocycles. The standard InChI is InChI=1S/C16H22BrNO5/c1-16(2,3)23-9-8-13(15(20)21)18-14(19)10-22-12-6-4-11(17)5-7-12/h4-7,13H,8-10H2,1-3H3,(H,18,19)(H,20,21). The van der Waals surface area contributed by atoms with Crippen molar-refractivity contribution in [2.45, 2.75) is 38.8 Å². The maximum Gasteiger partial charge on any atom is 0.326 e. The molecule has 1 aromatic carbocycles. The molecule has 7 heteroatoms. The van der Waals surface area contributed by atoms with E-state index in [-0.39, 0.29) is 25.2 Å². The molecule has 0 saturated heterocycles. The Morgan fingerprint density at radius 1 is 1.26 bits per heavy atom. The fraction of sp³-hybridized carbons (Fsp3) is 0.500. The first-order valence-corrected chi connectivity index (χ1v) is 8.01. The molecule has 0 fully saturated rings. The normalized spacial score (nSPS) is 12.5. The van der Waals surface area contributed by atoms with Gasteiger partial charge in [-0.3, -0.25) is 4.79 Å². The van der Waals surface area contributed by atoms with Crippen molar-refractivity contribution < 1.29 is 24.2 Å². The second-order valence-electron chi connectivity index (χ2n) is 5.95. The van der Waals surface area contributed by atoms with E-state index >= 15 is 0 Å². The van der Waals surface area contributed by atoms with Gasteiger partial charge in [-0.15, -0.1) is 0 Å². The highest BCUT2D eigenvalue weighted by Gasteiger charge is 2.21. The number of hydrogen-bond acceptors (Lipinski definition) is 4. The molecule has 23 heavy (non-hydrogen) atoms. The molecular formula is C16H22BrNO5. The number of ether oxygens (including phenoxy) is 2. The van der Waals surface area contributed by atoms with Crippen LogP contribution in [-0.2, 0) is 14.3 Å². The fourth-order valence-electron chi connectivity index (χ4n) is 1.66. The Kier molecular flexibility index (Phi) is 7.51. The number of aliphatic carboxylic acids is 1. The Morgan fingerprint density at radius 2 is 1.87 bits per heavy atom. The van der Waals surface area contributed by atoms with E-state index in [1.807, 2.05) is 20.8 Å². The van der Waals surface area contributed by atoms with Crippen molar-refractivity contribution in [3.05, 3.63) is 28.7 Å². The first-order valence-electron chi connectivity index (χ1n) is 7.22. The molecule has 1 rings (SSSR count). The number of benzene rings is 1. The van der Waals surface area contributed by atoms with Crippen LogP contribution in [0.1, 0.15) is 27.2 Å². The number of halogens is 1. The lowest BCUT2D eigenvalue weighted by molar-refractivity contribution is -0.143. The quantitative estimate of drug-likeness (QED) is 0.715. The van der Waals surface area contributed by atoms with E-state index in [9.17, 15) is 9.59 Å². The van der Waals surface area contributed by atoms with Gasteiger partial charge < -0.3 is 19.9 Å². The Morgan fingerprint density at radius 3 is 2.39 bits per heavy atom. The molecule has 0 aliphatic carbocycles. The van der Waals surface area contributed by atoms with Crippen LogP contribution in [0.2, 0.25) is 0 Å². The van der Waals surface area contributed by atoms with Crippen molar-refractivity contribution >= 4 is 27.8 Å². The summed E-state index contributed by atoms with van der Waals surface area (Å²) in [6.45, 7) is 5.65. The van der Waals surface area contributed by atoms with Gasteiger partial charge in [0.05, 0.1) is 5.60 Å². The number of carboxylic acids is 1. The van der Waals surface area contributed by atoms with Gasteiger partial charge in [-0.1, -0.05) is 15.9 Å². The number of carbonyl (C=O) groups excluding carboxylic acids is 1. The third-order valence-electron chi connectivity index (χ3n) is 2.76. The number of carboxylic acid groups (broad SMARTS) is 1. The van der Waals surface area contributed by atoms with Crippen molar-refractivity contribution in [3.8, 4) is 5.75 Å². The molecule has 0 bridgehead atoms. The summed E-state index contributed by atoms with van der Waals surface area (Å²) in [4.78, 5) is 23.0. The molecule has 1 amide bonds. The first kappa shape index (κ1) is 19.4. The highest BCUT2D eigenvalue weighted by atomic mass is 79.9. The molecule has 0 spiro atoms. The van der Waals surface area contributed by atoms with Gasteiger partial charge >= 0.3 is 5.97 Å². The Hall–Kier alpha value is -1.60. The maximum atomic E-state index is 11.8. The number of amides is 1. The van der Waals surface area contributed by atoms with Crippen LogP contribution in [-0.4, -0.2) is 41.8 Å². The summed E-state index contributed by atoms with van der Waals surface area (Å²) >= 11 is 3.30. The maximum absolute atomic E-state index is 11.8. The minimum atomic E-state index is -1.10. The van der Waals surface area contributed by atoms with Crippen LogP contribution in [0, 0.1) is 0 Å². The van der Waals surface area contributed by atoms with Crippen molar-refractivity contribution in [1.29, 1.82) is 0 Å². The summed E-state index contributed by atoms with van der Waals surface area (Å²) < 4.78 is 11.7. The van der Waals surface area contributed by atoms with E-state index in [0.717, 1.165) is 4.47 Å². The van der Waals surface area contributed by atoms with Crippen LogP contribution < -0.4 is 10.1 Å². The smallest absolute Gasteiger partial charge is 0.326 e. The van der Waals surface area contributed by atoms with E-state index in [1.165, 1.54) is 0 Å². The molecule has 0 aliphatic rings. The number of nitrogens with one attached hydrogen (secondary N) is 1. The van der Waals surface area contributed by atoms with E-state index < -0.39 is 17.9 Å². The second-order valence-corrected chi connectivity index (χ2v) is 6.87. The summed E-state index contributed by atoms with van der Waals surface area (Å²) in [6.07, 6.45) is 0.191. The van der Waals surface area contributed by atoms with E-state index in [2.05, 4.69) is 21.2 Å². The van der Waals surface area contributed by atoms with Crippen LogP contribution in [0.3, 0.4) is 0 Å². The molecule has 0 heterocycles. The second kappa shape index (κ2) is 8.88. The molecule has 2 N–H and O–H groups in total. The number of hydrogen-bond donors (Lipinski definition) is 2. The van der Waals surface area contributed by atoms with E-state index in [1.54, 1.807) is 24.3 Å². The summed E-state index contributed by atoms with van der Waals surface area (Å²) in [5.41, 5.74) is -0.349. The van der Waals surface area contributed by atoms with Gasteiger partial charge in [0, 0.05) is 17.5 Å². The number of rotatable bonds is 8. The van der Waals surface area contributed by atoms with Crippen LogP contribution in [0.25, 0.3) is 0 Å². The fourth-order valence-corrected chi connectivity index (χ4v) is 1.92. The van der Waals surface area contributed by atoms with Gasteiger partial charge in [-0.2, -0.15) is 0 Å². The first-order chi connectivity index (χ1) is 10.7. The molecule has 128 valence electrons. The monoisotopic (exact) mass is 387 g/mol. The van der Waals surface area contributed by atoms with Crippen molar-refractivity contribution in [2.24, 2.45) is 0 Å². The minimum absolute atomic E-state index is 0.191. The lowest BCUT2D eigenvalue weighted by atomic mass is 10.2. The van der Waals surface area contributed by atoms with Crippen molar-refractivity contribution in [3.63, 3.8) is 0 Å². The highest BCUT2D eigenvalue weighted by molar-refractivity contribution is 9.10. The molecular weight excluding hydrogens is 366 g/mol. The van der Waals surface area contributed by atoms with Gasteiger partial charge in [0.2, 0.25) is 0 Å². The van der Waals surface area contributed by atoms with E-state index in [0.29, 0.717) is 5.75 Å². The lowest BCUT2D eigenvalue weighted by Gasteiger charge is -2.21. The predicted octanol–water partition coefficient (Wildman–Crippen LogP) is 2.60. The minimum Gasteiger partial charge on any atom is -0.484 e. The summed E-state index contributed by atoms with van der Waals surface area (Å²) in [6, 6.07) is 6.00. The van der Waals surface area contributed by atoms with Crippen molar-refractivity contribution in [2.75, 3.05) is 13.2 Å². The highest BCUT2D eigenvalue weighted by Crippen LogP contribution is 2.15. The van der Waals surface area contributed by atoms with Gasteiger partial charge in [-0.05, 0) is 45.0 Å². The largest absolute Gasteiger partial charge is 0.484 e. The summed E-state index contributed by atoms with van der Waals surface area (Å²) in [5, 5.41) is 11.6. The van der Waals surface area contributed by atoms with Crippen molar-refractivity contribution in [1.82, 2.24) is 5.32 Å². The molecule has 1 aromatic rings. The van der Waals surface area contributed by atoms with Crippen LogP contribution >= 0.6 is 15.9 Å². The summed E-state index contributed by atoms with van der Waals surface area (Å²) in [7, 11) is 0. The number of carbonyl (C=O) groups is 2. The topological polar surface area (TPSA) is 84.9 Å². The Balaban J connectivity index is 2.41. The van der Waals surface area contributed by atoms with Crippen LogP contribution in [0.5, 0.6) is 5.75 Å². The van der Waals surface area contributed by atoms with Gasteiger partial charge in [-0.25, -0.2) is 4.79 Å². The lowest BCUT2D eigenvalue weighted by Crippen LogP contribution is -2.44. The van der Waals surface area contributed by atoms with Gasteiger partial charge in [0.25, 0.3) is 5.91 Å². The summed E-state index contributed by atoms with van der Waals surface area (Å²) in [5.74, 6) is -1.05. The predicted molar refractivity (Wildman–Crippen MR) is 89.5 cm³/mol. The zero-order valence-corrected chi connectivity index (χ0v) is 15.1. The molecule has 0 radical (unpaired) electrons.